The van der Waals surface area contributed by atoms with Crippen molar-refractivity contribution in [1.29, 1.82) is 0 Å². The summed E-state index contributed by atoms with van der Waals surface area (Å²) in [6.45, 7) is 3.12. The van der Waals surface area contributed by atoms with Gasteiger partial charge in [-0.05, 0) is 25.8 Å². The second kappa shape index (κ2) is 5.39. The number of hydrogen-bond acceptors (Lipinski definition) is 4. The van der Waals surface area contributed by atoms with Crippen LogP contribution in [-0.2, 0) is 6.54 Å². The van der Waals surface area contributed by atoms with E-state index in [1.54, 1.807) is 11.3 Å². The Morgan fingerprint density at radius 1 is 1.36 bits per heavy atom. The van der Waals surface area contributed by atoms with E-state index in [9.17, 15) is 4.79 Å². The number of benzene rings is 1. The summed E-state index contributed by atoms with van der Waals surface area (Å²) in [7, 11) is 0. The lowest BCUT2D eigenvalue weighted by atomic mass is 10.1. The second-order valence-electron chi connectivity index (χ2n) is 6.05. The number of para-hydroxylation sites is 1. The molecule has 1 aliphatic heterocycles. The number of ether oxygens (including phenoxy) is 1. The van der Waals surface area contributed by atoms with Gasteiger partial charge in [-0.3, -0.25) is 4.79 Å². The first-order chi connectivity index (χ1) is 10.7. The van der Waals surface area contributed by atoms with Crippen LogP contribution in [0, 0.1) is 0 Å². The minimum Gasteiger partial charge on any atom is -0.491 e. The highest BCUT2D eigenvalue weighted by Crippen LogP contribution is 2.41. The van der Waals surface area contributed by atoms with E-state index in [0.717, 1.165) is 16.3 Å². The van der Waals surface area contributed by atoms with Crippen molar-refractivity contribution in [2.45, 2.75) is 38.3 Å². The third-order valence-electron chi connectivity index (χ3n) is 4.25. The Labute approximate surface area is 133 Å². The van der Waals surface area contributed by atoms with Gasteiger partial charge < -0.3 is 9.64 Å². The van der Waals surface area contributed by atoms with Crippen LogP contribution in [0.25, 0.3) is 0 Å². The minimum atomic E-state index is 0.0101. The molecular formula is C17H18N2O2S. The Bertz CT molecular complexity index is 708. The quantitative estimate of drug-likeness (QED) is 0.852. The molecule has 0 N–H and O–H groups in total. The Morgan fingerprint density at radius 2 is 2.18 bits per heavy atom. The SMILES string of the molecule is CC1COc2ccccc2CN1C(=O)c1csc(C2CC2)n1. The molecule has 1 aromatic heterocycles. The highest BCUT2D eigenvalue weighted by molar-refractivity contribution is 7.10. The van der Waals surface area contributed by atoms with Crippen LogP contribution < -0.4 is 4.74 Å². The van der Waals surface area contributed by atoms with Crippen LogP contribution in [0.1, 0.15) is 46.7 Å². The van der Waals surface area contributed by atoms with E-state index in [0.29, 0.717) is 24.8 Å². The summed E-state index contributed by atoms with van der Waals surface area (Å²) in [4.78, 5) is 19.3. The Balaban J connectivity index is 1.60. The molecule has 0 saturated heterocycles. The van der Waals surface area contributed by atoms with E-state index in [1.165, 1.54) is 12.8 Å². The maximum absolute atomic E-state index is 12.8. The zero-order valence-electron chi connectivity index (χ0n) is 12.5. The van der Waals surface area contributed by atoms with Crippen molar-refractivity contribution in [2.24, 2.45) is 0 Å². The summed E-state index contributed by atoms with van der Waals surface area (Å²) in [6.07, 6.45) is 2.42. The van der Waals surface area contributed by atoms with Crippen molar-refractivity contribution in [1.82, 2.24) is 9.88 Å². The molecule has 0 spiro atoms. The van der Waals surface area contributed by atoms with Crippen LogP contribution in [0.4, 0.5) is 0 Å². The first-order valence-electron chi connectivity index (χ1n) is 7.69. The van der Waals surface area contributed by atoms with E-state index in [4.69, 9.17) is 4.74 Å². The molecule has 1 saturated carbocycles. The summed E-state index contributed by atoms with van der Waals surface area (Å²) in [5.74, 6) is 1.48. The van der Waals surface area contributed by atoms with E-state index in [2.05, 4.69) is 4.98 Å². The van der Waals surface area contributed by atoms with Gasteiger partial charge in [-0.25, -0.2) is 4.98 Å². The van der Waals surface area contributed by atoms with Crippen LogP contribution in [0.15, 0.2) is 29.6 Å². The van der Waals surface area contributed by atoms with Gasteiger partial charge in [0, 0.05) is 16.9 Å². The normalized spacial score (nSPS) is 21.0. The van der Waals surface area contributed by atoms with Crippen molar-refractivity contribution in [2.75, 3.05) is 6.61 Å². The molecule has 22 heavy (non-hydrogen) atoms. The van der Waals surface area contributed by atoms with Crippen LogP contribution in [0.3, 0.4) is 0 Å². The molecule has 1 atom stereocenters. The zero-order chi connectivity index (χ0) is 15.1. The summed E-state index contributed by atoms with van der Waals surface area (Å²) in [6, 6.07) is 7.96. The predicted molar refractivity (Wildman–Crippen MR) is 85.4 cm³/mol. The molecular weight excluding hydrogens is 296 g/mol. The maximum atomic E-state index is 12.8. The van der Waals surface area contributed by atoms with Crippen molar-refractivity contribution < 1.29 is 9.53 Å². The number of hydrogen-bond donors (Lipinski definition) is 0. The number of fused-ring (bicyclic) bond motifs is 1. The molecule has 2 heterocycles. The van der Waals surface area contributed by atoms with Crippen molar-refractivity contribution in [3.05, 3.63) is 45.9 Å². The fourth-order valence-electron chi connectivity index (χ4n) is 2.74. The molecule has 114 valence electrons. The standard InChI is InChI=1S/C17H18N2O2S/c1-11-9-21-15-5-3-2-4-13(15)8-19(11)17(20)14-10-22-16(18-14)12-6-7-12/h2-5,10-12H,6-9H2,1H3. The number of carbonyl (C=O) groups excluding carboxylic acids is 1. The molecule has 5 heteroatoms. The third-order valence-corrected chi connectivity index (χ3v) is 5.26. The summed E-state index contributed by atoms with van der Waals surface area (Å²) in [5.41, 5.74) is 1.64. The number of rotatable bonds is 2. The first kappa shape index (κ1) is 13.8. The van der Waals surface area contributed by atoms with Gasteiger partial charge in [0.15, 0.2) is 0 Å². The van der Waals surface area contributed by atoms with Gasteiger partial charge in [-0.15, -0.1) is 11.3 Å². The second-order valence-corrected chi connectivity index (χ2v) is 6.94. The van der Waals surface area contributed by atoms with Crippen LogP contribution >= 0.6 is 11.3 Å². The van der Waals surface area contributed by atoms with E-state index < -0.39 is 0 Å². The van der Waals surface area contributed by atoms with E-state index >= 15 is 0 Å². The highest BCUT2D eigenvalue weighted by atomic mass is 32.1. The lowest BCUT2D eigenvalue weighted by Gasteiger charge is -2.25. The molecule has 2 aromatic rings. The van der Waals surface area contributed by atoms with Gasteiger partial charge in [-0.1, -0.05) is 18.2 Å². The number of nitrogens with zero attached hydrogens (tertiary/aromatic N) is 2. The predicted octanol–water partition coefficient (Wildman–Crippen LogP) is 3.44. The van der Waals surface area contributed by atoms with Gasteiger partial charge >= 0.3 is 0 Å². The topological polar surface area (TPSA) is 42.4 Å². The van der Waals surface area contributed by atoms with Crippen molar-refractivity contribution >= 4 is 17.2 Å². The average molecular weight is 314 g/mol. The molecule has 1 unspecified atom stereocenters. The lowest BCUT2D eigenvalue weighted by molar-refractivity contribution is 0.0640. The van der Waals surface area contributed by atoms with Gasteiger partial charge in [-0.2, -0.15) is 0 Å². The first-order valence-corrected chi connectivity index (χ1v) is 8.57. The molecule has 0 radical (unpaired) electrons. The molecule has 4 nitrogen and oxygen atoms in total. The third kappa shape index (κ3) is 2.50. The van der Waals surface area contributed by atoms with Crippen molar-refractivity contribution in [3.63, 3.8) is 0 Å². The van der Waals surface area contributed by atoms with Crippen LogP contribution in [-0.4, -0.2) is 28.4 Å². The molecule has 2 aliphatic rings. The van der Waals surface area contributed by atoms with Gasteiger partial charge in [0.2, 0.25) is 0 Å². The smallest absolute Gasteiger partial charge is 0.273 e. The largest absolute Gasteiger partial charge is 0.491 e. The van der Waals surface area contributed by atoms with Crippen molar-refractivity contribution in [3.8, 4) is 5.75 Å². The molecule has 1 fully saturated rings. The molecule has 4 rings (SSSR count). The minimum absolute atomic E-state index is 0.0101. The lowest BCUT2D eigenvalue weighted by Crippen LogP contribution is -2.40. The molecule has 0 bridgehead atoms. The number of amides is 1. The monoisotopic (exact) mass is 314 g/mol. The van der Waals surface area contributed by atoms with Crippen LogP contribution in [0.2, 0.25) is 0 Å². The zero-order valence-corrected chi connectivity index (χ0v) is 13.3. The summed E-state index contributed by atoms with van der Waals surface area (Å²) in [5, 5.41) is 3.02. The Hall–Kier alpha value is -1.88. The maximum Gasteiger partial charge on any atom is 0.273 e. The fraction of sp³-hybridized carbons (Fsp3) is 0.412. The molecule has 1 amide bonds. The van der Waals surface area contributed by atoms with Gasteiger partial charge in [0.1, 0.15) is 18.1 Å². The Morgan fingerprint density at radius 3 is 3.00 bits per heavy atom. The summed E-state index contributed by atoms with van der Waals surface area (Å²) < 4.78 is 5.82. The van der Waals surface area contributed by atoms with Gasteiger partial charge in [0.25, 0.3) is 5.91 Å². The highest BCUT2D eigenvalue weighted by Gasteiger charge is 2.31. The molecule has 1 aliphatic carbocycles. The fourth-order valence-corrected chi connectivity index (χ4v) is 3.70. The van der Waals surface area contributed by atoms with E-state index in [-0.39, 0.29) is 11.9 Å². The van der Waals surface area contributed by atoms with Crippen LogP contribution in [0.5, 0.6) is 5.75 Å². The molecule has 1 aromatic carbocycles. The number of thiazole rings is 1. The van der Waals surface area contributed by atoms with Gasteiger partial charge in [0.05, 0.1) is 17.6 Å². The number of aromatic nitrogens is 1. The Kier molecular flexibility index (Phi) is 3.37. The van der Waals surface area contributed by atoms with E-state index in [1.807, 2.05) is 41.5 Å². The number of carbonyl (C=O) groups is 1. The average Bonchev–Trinajstić information content (AvgIpc) is 3.30. The summed E-state index contributed by atoms with van der Waals surface area (Å²) >= 11 is 1.61.